The molecule has 0 bridgehead atoms. The third-order valence-corrected chi connectivity index (χ3v) is 7.15. The predicted molar refractivity (Wildman–Crippen MR) is 103 cm³/mol. The van der Waals surface area contributed by atoms with Crippen molar-refractivity contribution in [2.45, 2.75) is 23.7 Å². The average Bonchev–Trinajstić information content (AvgIpc) is 3.12. The van der Waals surface area contributed by atoms with Gasteiger partial charge in [0.2, 0.25) is 10.0 Å². The van der Waals surface area contributed by atoms with E-state index in [1.54, 1.807) is 0 Å². The summed E-state index contributed by atoms with van der Waals surface area (Å²) in [6, 6.07) is 14.0. The van der Waals surface area contributed by atoms with Crippen molar-refractivity contribution in [2.24, 2.45) is 0 Å². The Morgan fingerprint density at radius 3 is 2.59 bits per heavy atom. The fraction of sp³-hybridized carbons (Fsp3) is 0.263. The number of imidazole rings is 1. The summed E-state index contributed by atoms with van der Waals surface area (Å²) < 4.78 is 27.2. The molecule has 6 nitrogen and oxygen atoms in total. The summed E-state index contributed by atoms with van der Waals surface area (Å²) in [6.07, 6.45) is 1.39. The van der Waals surface area contributed by atoms with Crippen LogP contribution in [-0.4, -0.2) is 35.8 Å². The number of benzene rings is 2. The van der Waals surface area contributed by atoms with Crippen LogP contribution in [0.15, 0.2) is 47.4 Å². The SMILES string of the molecule is N#Cc1ccc(S(=O)(=O)N2CCC(c3nc4ccccc4[nH]3)CC2)cc1Cl. The number of aromatic nitrogens is 2. The lowest BCUT2D eigenvalue weighted by Gasteiger charge is -2.30. The molecule has 1 aromatic heterocycles. The average molecular weight is 401 g/mol. The maximum atomic E-state index is 12.9. The molecule has 0 atom stereocenters. The van der Waals surface area contributed by atoms with Crippen molar-refractivity contribution in [2.75, 3.05) is 13.1 Å². The molecule has 0 radical (unpaired) electrons. The second-order valence-corrected chi connectivity index (χ2v) is 8.92. The quantitative estimate of drug-likeness (QED) is 0.726. The van der Waals surface area contributed by atoms with E-state index in [1.165, 1.54) is 22.5 Å². The Morgan fingerprint density at radius 2 is 1.93 bits per heavy atom. The second kappa shape index (κ2) is 6.97. The molecule has 2 heterocycles. The van der Waals surface area contributed by atoms with Crippen LogP contribution >= 0.6 is 11.6 Å². The molecule has 0 unspecified atom stereocenters. The largest absolute Gasteiger partial charge is 0.342 e. The van der Waals surface area contributed by atoms with Crippen molar-refractivity contribution >= 4 is 32.7 Å². The van der Waals surface area contributed by atoms with Gasteiger partial charge in [-0.1, -0.05) is 23.7 Å². The lowest BCUT2D eigenvalue weighted by Crippen LogP contribution is -2.38. The van der Waals surface area contributed by atoms with Crippen molar-refractivity contribution in [1.29, 1.82) is 5.26 Å². The highest BCUT2D eigenvalue weighted by Crippen LogP contribution is 2.31. The highest BCUT2D eigenvalue weighted by atomic mass is 35.5. The van der Waals surface area contributed by atoms with Crippen LogP contribution in [0.25, 0.3) is 11.0 Å². The smallest absolute Gasteiger partial charge is 0.243 e. The van der Waals surface area contributed by atoms with Gasteiger partial charge in [-0.05, 0) is 43.2 Å². The molecular formula is C19H17ClN4O2S. The molecule has 0 aliphatic carbocycles. The Balaban J connectivity index is 1.51. The van der Waals surface area contributed by atoms with Crippen molar-refractivity contribution < 1.29 is 8.42 Å². The number of nitrogens with one attached hydrogen (secondary N) is 1. The maximum absolute atomic E-state index is 12.9. The summed E-state index contributed by atoms with van der Waals surface area (Å²) in [4.78, 5) is 8.10. The van der Waals surface area contributed by atoms with Crippen LogP contribution < -0.4 is 0 Å². The summed E-state index contributed by atoms with van der Waals surface area (Å²) in [6.45, 7) is 0.837. The third kappa shape index (κ3) is 3.32. The normalized spacial score (nSPS) is 16.4. The molecule has 2 aromatic carbocycles. The van der Waals surface area contributed by atoms with E-state index in [2.05, 4.69) is 9.97 Å². The number of para-hydroxylation sites is 2. The van der Waals surface area contributed by atoms with Crippen LogP contribution in [0.3, 0.4) is 0 Å². The Labute approximate surface area is 162 Å². The monoisotopic (exact) mass is 400 g/mol. The Kier molecular flexibility index (Phi) is 4.64. The van der Waals surface area contributed by atoms with Crippen LogP contribution in [0.2, 0.25) is 5.02 Å². The zero-order valence-electron chi connectivity index (χ0n) is 14.4. The van der Waals surface area contributed by atoms with Gasteiger partial charge in [0.1, 0.15) is 11.9 Å². The van der Waals surface area contributed by atoms with Crippen LogP contribution in [0.4, 0.5) is 0 Å². The van der Waals surface area contributed by atoms with Crippen LogP contribution in [-0.2, 0) is 10.0 Å². The molecule has 3 aromatic rings. The van der Waals surface area contributed by atoms with Crippen LogP contribution in [0.1, 0.15) is 30.1 Å². The number of fused-ring (bicyclic) bond motifs is 1. The molecule has 1 N–H and O–H groups in total. The summed E-state index contributed by atoms with van der Waals surface area (Å²) in [7, 11) is -3.63. The van der Waals surface area contributed by atoms with Crippen molar-refractivity contribution in [3.05, 3.63) is 58.9 Å². The van der Waals surface area contributed by atoms with E-state index in [9.17, 15) is 8.42 Å². The molecule has 0 spiro atoms. The number of piperidine rings is 1. The Bertz CT molecular complexity index is 1110. The molecule has 0 amide bonds. The zero-order chi connectivity index (χ0) is 19.0. The first-order chi connectivity index (χ1) is 13.0. The highest BCUT2D eigenvalue weighted by Gasteiger charge is 2.31. The van der Waals surface area contributed by atoms with Gasteiger partial charge in [-0.3, -0.25) is 0 Å². The van der Waals surface area contributed by atoms with Crippen LogP contribution in [0, 0.1) is 11.3 Å². The first-order valence-corrected chi connectivity index (χ1v) is 10.5. The van der Waals surface area contributed by atoms with Gasteiger partial charge in [-0.2, -0.15) is 9.57 Å². The molecule has 138 valence electrons. The van der Waals surface area contributed by atoms with Gasteiger partial charge in [0.15, 0.2) is 0 Å². The highest BCUT2D eigenvalue weighted by molar-refractivity contribution is 7.89. The predicted octanol–water partition coefficient (Wildman–Crippen LogP) is 3.66. The summed E-state index contributed by atoms with van der Waals surface area (Å²) in [5.41, 5.74) is 2.18. The van der Waals surface area contributed by atoms with Crippen molar-refractivity contribution in [1.82, 2.24) is 14.3 Å². The second-order valence-electron chi connectivity index (χ2n) is 6.57. The molecule has 8 heteroatoms. The number of nitriles is 1. The Morgan fingerprint density at radius 1 is 1.19 bits per heavy atom. The van der Waals surface area contributed by atoms with Gasteiger partial charge in [-0.15, -0.1) is 0 Å². The minimum atomic E-state index is -3.63. The first kappa shape index (κ1) is 18.0. The summed E-state index contributed by atoms with van der Waals surface area (Å²) >= 11 is 6.00. The van der Waals surface area contributed by atoms with Gasteiger partial charge in [0.05, 0.1) is 26.5 Å². The maximum Gasteiger partial charge on any atom is 0.243 e. The molecule has 27 heavy (non-hydrogen) atoms. The van der Waals surface area contributed by atoms with E-state index in [1.807, 2.05) is 30.3 Å². The lowest BCUT2D eigenvalue weighted by atomic mass is 9.97. The fourth-order valence-electron chi connectivity index (χ4n) is 3.43. The van der Waals surface area contributed by atoms with E-state index in [0.717, 1.165) is 16.9 Å². The van der Waals surface area contributed by atoms with Gasteiger partial charge >= 0.3 is 0 Å². The van der Waals surface area contributed by atoms with E-state index in [4.69, 9.17) is 16.9 Å². The number of aromatic amines is 1. The topological polar surface area (TPSA) is 89.8 Å². The zero-order valence-corrected chi connectivity index (χ0v) is 16.0. The van der Waals surface area contributed by atoms with E-state index < -0.39 is 10.0 Å². The molecule has 1 fully saturated rings. The van der Waals surface area contributed by atoms with Gasteiger partial charge in [0.25, 0.3) is 0 Å². The van der Waals surface area contributed by atoms with Gasteiger partial charge < -0.3 is 4.98 Å². The van der Waals surface area contributed by atoms with Crippen LogP contribution in [0.5, 0.6) is 0 Å². The molecule has 1 aliphatic rings. The minimum absolute atomic E-state index is 0.119. The molecule has 1 saturated heterocycles. The number of rotatable bonds is 3. The fourth-order valence-corrected chi connectivity index (χ4v) is 5.22. The third-order valence-electron chi connectivity index (χ3n) is 4.95. The lowest BCUT2D eigenvalue weighted by molar-refractivity contribution is 0.314. The van der Waals surface area contributed by atoms with Crippen molar-refractivity contribution in [3.63, 3.8) is 0 Å². The molecule has 1 aliphatic heterocycles. The van der Waals surface area contributed by atoms with Crippen molar-refractivity contribution in [3.8, 4) is 6.07 Å². The van der Waals surface area contributed by atoms with Gasteiger partial charge in [0, 0.05) is 19.0 Å². The first-order valence-electron chi connectivity index (χ1n) is 8.63. The number of halogens is 1. The Hall–Kier alpha value is -2.40. The van der Waals surface area contributed by atoms with E-state index in [-0.39, 0.29) is 21.4 Å². The van der Waals surface area contributed by atoms with Gasteiger partial charge in [-0.25, -0.2) is 13.4 Å². The molecule has 4 rings (SSSR count). The number of sulfonamides is 1. The standard InChI is InChI=1S/C19H17ClN4O2S/c20-16-11-15(6-5-14(16)12-21)27(25,26)24-9-7-13(8-10-24)19-22-17-3-1-2-4-18(17)23-19/h1-6,11,13H,7-10H2,(H,22,23). The summed E-state index contributed by atoms with van der Waals surface area (Å²) in [5, 5.41) is 9.10. The number of nitrogens with zero attached hydrogens (tertiary/aromatic N) is 3. The number of hydrogen-bond acceptors (Lipinski definition) is 4. The molecular weight excluding hydrogens is 384 g/mol. The summed E-state index contributed by atoms with van der Waals surface area (Å²) in [5.74, 6) is 1.11. The van der Waals surface area contributed by atoms with E-state index >= 15 is 0 Å². The number of H-pyrrole nitrogens is 1. The molecule has 0 saturated carbocycles. The minimum Gasteiger partial charge on any atom is -0.342 e. The number of hydrogen-bond donors (Lipinski definition) is 1. The van der Waals surface area contributed by atoms with E-state index in [0.29, 0.717) is 25.9 Å².